The van der Waals surface area contributed by atoms with E-state index < -0.39 is 53.4 Å². The lowest BCUT2D eigenvalue weighted by Crippen LogP contribution is -2.70. The Balaban J connectivity index is 3.55. The van der Waals surface area contributed by atoms with Crippen molar-refractivity contribution in [3.8, 4) is 0 Å². The maximum absolute atomic E-state index is 14.3. The summed E-state index contributed by atoms with van der Waals surface area (Å²) in [6.07, 6.45) is -10.2. The average Bonchev–Trinajstić information content (AvgIpc) is 2.67. The predicted octanol–water partition coefficient (Wildman–Crippen LogP) is 6.87. The van der Waals surface area contributed by atoms with Gasteiger partial charge in [0.05, 0.1) is 12.0 Å². The van der Waals surface area contributed by atoms with Crippen LogP contribution in [-0.2, 0) is 5.60 Å². The van der Waals surface area contributed by atoms with Gasteiger partial charge in [-0.15, -0.1) is 0 Å². The molecule has 0 amide bonds. The highest BCUT2D eigenvalue weighted by atomic mass is 19.4. The number of halogens is 13. The summed E-state index contributed by atoms with van der Waals surface area (Å²) in [6.45, 7) is 3.96. The lowest BCUT2D eigenvalue weighted by atomic mass is 9.83. The van der Waals surface area contributed by atoms with E-state index in [4.69, 9.17) is 0 Å². The molecule has 0 aliphatic heterocycles. The van der Waals surface area contributed by atoms with E-state index in [9.17, 15) is 62.2 Å². The fourth-order valence-electron chi connectivity index (χ4n) is 3.21. The van der Waals surface area contributed by atoms with E-state index in [-0.39, 0.29) is 18.8 Å². The predicted molar refractivity (Wildman–Crippen MR) is 95.0 cm³/mol. The first kappa shape index (κ1) is 30.1. The molecule has 198 valence electrons. The minimum Gasteiger partial charge on any atom is -0.385 e. The van der Waals surface area contributed by atoms with Crippen LogP contribution in [0.15, 0.2) is 24.3 Å². The zero-order chi connectivity index (χ0) is 27.2. The number of hydrogen-bond acceptors (Lipinski definition) is 2. The van der Waals surface area contributed by atoms with Gasteiger partial charge in [-0.25, -0.2) is 0 Å². The van der Waals surface area contributed by atoms with Crippen LogP contribution < -0.4 is 4.90 Å². The summed E-state index contributed by atoms with van der Waals surface area (Å²) in [7, 11) is 0. The van der Waals surface area contributed by atoms with Crippen LogP contribution in [0.25, 0.3) is 0 Å². The SMILES string of the molecule is CCN(CC)c1ccccc1C(C)(O)CC(F)(F)C(F)(F)C(F)(F)C(F)(F)C(F)(F)C(F)(F)F. The molecule has 0 saturated carbocycles. The second-order valence-corrected chi connectivity index (χ2v) is 7.64. The van der Waals surface area contributed by atoms with Gasteiger partial charge < -0.3 is 10.0 Å². The van der Waals surface area contributed by atoms with Crippen molar-refractivity contribution in [1.82, 2.24) is 0 Å². The third-order valence-electron chi connectivity index (χ3n) is 5.15. The van der Waals surface area contributed by atoms with Crippen molar-refractivity contribution in [3.05, 3.63) is 29.8 Å². The van der Waals surface area contributed by atoms with E-state index in [2.05, 4.69) is 0 Å². The van der Waals surface area contributed by atoms with Gasteiger partial charge in [-0.05, 0) is 26.8 Å². The molecule has 1 unspecified atom stereocenters. The Hall–Kier alpha value is -1.93. The molecule has 0 aliphatic rings. The van der Waals surface area contributed by atoms with Crippen LogP contribution in [0.4, 0.5) is 62.8 Å². The van der Waals surface area contributed by atoms with Gasteiger partial charge >= 0.3 is 35.8 Å². The molecule has 15 heteroatoms. The van der Waals surface area contributed by atoms with Gasteiger partial charge in [0.1, 0.15) is 0 Å². The van der Waals surface area contributed by atoms with Crippen molar-refractivity contribution in [3.63, 3.8) is 0 Å². The zero-order valence-corrected chi connectivity index (χ0v) is 17.7. The number of rotatable bonds is 10. The minimum absolute atomic E-state index is 0.0303. The minimum atomic E-state index is -7.98. The molecule has 1 atom stereocenters. The Morgan fingerprint density at radius 2 is 1.09 bits per heavy atom. The van der Waals surface area contributed by atoms with Crippen LogP contribution in [0.1, 0.15) is 32.8 Å². The summed E-state index contributed by atoms with van der Waals surface area (Å²) in [6, 6.07) is 4.65. The Labute approximate surface area is 185 Å². The first-order chi connectivity index (χ1) is 15.0. The van der Waals surface area contributed by atoms with Crippen LogP contribution in [0, 0.1) is 0 Å². The lowest BCUT2D eigenvalue weighted by Gasteiger charge is -2.41. The van der Waals surface area contributed by atoms with E-state index in [0.29, 0.717) is 6.92 Å². The monoisotopic (exact) mass is 525 g/mol. The largest absolute Gasteiger partial charge is 0.460 e. The molecule has 1 aromatic rings. The molecule has 2 nitrogen and oxygen atoms in total. The summed E-state index contributed by atoms with van der Waals surface area (Å²) >= 11 is 0. The second-order valence-electron chi connectivity index (χ2n) is 7.64. The number of nitrogens with zero attached hydrogens (tertiary/aromatic N) is 1. The third kappa shape index (κ3) is 4.63. The molecule has 0 aliphatic carbocycles. The number of hydrogen-bond donors (Lipinski definition) is 1. The Bertz CT molecular complexity index is 845. The van der Waals surface area contributed by atoms with E-state index in [1.165, 1.54) is 17.0 Å². The van der Waals surface area contributed by atoms with Crippen molar-refractivity contribution in [2.24, 2.45) is 0 Å². The number of alkyl halides is 13. The van der Waals surface area contributed by atoms with Crippen molar-refractivity contribution >= 4 is 5.69 Å². The molecule has 0 fully saturated rings. The van der Waals surface area contributed by atoms with Gasteiger partial charge in [0.2, 0.25) is 0 Å². The van der Waals surface area contributed by atoms with Gasteiger partial charge in [0.25, 0.3) is 0 Å². The molecule has 1 aromatic carbocycles. The van der Waals surface area contributed by atoms with Crippen LogP contribution in [0.3, 0.4) is 0 Å². The summed E-state index contributed by atoms with van der Waals surface area (Å²) in [5, 5.41) is 10.5. The van der Waals surface area contributed by atoms with E-state index in [1.54, 1.807) is 13.8 Å². The van der Waals surface area contributed by atoms with Gasteiger partial charge in [-0.2, -0.15) is 57.1 Å². The molecule has 34 heavy (non-hydrogen) atoms. The second kappa shape index (κ2) is 8.94. The van der Waals surface area contributed by atoms with Crippen molar-refractivity contribution in [2.45, 2.75) is 68.6 Å². The summed E-state index contributed by atoms with van der Waals surface area (Å²) in [4.78, 5) is 1.42. The van der Waals surface area contributed by atoms with Gasteiger partial charge in [0, 0.05) is 24.3 Å². The number of aliphatic hydroxyl groups is 1. The maximum atomic E-state index is 14.3. The molecular weight excluding hydrogens is 505 g/mol. The van der Waals surface area contributed by atoms with Gasteiger partial charge in [0.15, 0.2) is 0 Å². The van der Waals surface area contributed by atoms with E-state index in [0.717, 1.165) is 12.1 Å². The zero-order valence-electron chi connectivity index (χ0n) is 17.7. The number of para-hydroxylation sites is 1. The highest BCUT2D eigenvalue weighted by Gasteiger charge is 2.90. The van der Waals surface area contributed by atoms with Crippen LogP contribution in [-0.4, -0.2) is 54.0 Å². The Morgan fingerprint density at radius 1 is 0.676 bits per heavy atom. The van der Waals surface area contributed by atoms with Crippen LogP contribution >= 0.6 is 0 Å². The quantitative estimate of drug-likeness (QED) is 0.337. The first-order valence-electron chi connectivity index (χ1n) is 9.49. The molecule has 0 heterocycles. The molecule has 0 radical (unpaired) electrons. The van der Waals surface area contributed by atoms with Crippen LogP contribution in [0.5, 0.6) is 0 Å². The van der Waals surface area contributed by atoms with E-state index >= 15 is 0 Å². The van der Waals surface area contributed by atoms with Crippen molar-refractivity contribution in [2.75, 3.05) is 18.0 Å². The highest BCUT2D eigenvalue weighted by molar-refractivity contribution is 5.56. The molecular formula is C19H20F13NO. The molecule has 0 aromatic heterocycles. The summed E-state index contributed by atoms with van der Waals surface area (Å²) in [5.41, 5.74) is -3.72. The fraction of sp³-hybridized carbons (Fsp3) is 0.684. The van der Waals surface area contributed by atoms with Crippen molar-refractivity contribution in [1.29, 1.82) is 0 Å². The molecule has 0 spiro atoms. The fourth-order valence-corrected chi connectivity index (χ4v) is 3.21. The van der Waals surface area contributed by atoms with E-state index in [1.807, 2.05) is 0 Å². The van der Waals surface area contributed by atoms with Gasteiger partial charge in [-0.1, -0.05) is 18.2 Å². The van der Waals surface area contributed by atoms with Crippen LogP contribution in [0.2, 0.25) is 0 Å². The third-order valence-corrected chi connectivity index (χ3v) is 5.15. The Kier molecular flexibility index (Phi) is 7.91. The number of anilines is 1. The average molecular weight is 525 g/mol. The standard InChI is InChI=1S/C19H20F13NO/c1-4-33(5-2)12-9-7-6-8-11(12)13(3,34)10-14(20,21)15(22,23)16(24,25)17(26,27)18(28,29)19(30,31)32/h6-9,34H,4-5,10H2,1-3H3. The van der Waals surface area contributed by atoms with Crippen molar-refractivity contribution < 1.29 is 62.2 Å². The molecule has 0 bridgehead atoms. The highest BCUT2D eigenvalue weighted by Crippen LogP contribution is 2.61. The van der Waals surface area contributed by atoms with Gasteiger partial charge in [-0.3, -0.25) is 0 Å². The molecule has 1 rings (SSSR count). The Morgan fingerprint density at radius 3 is 1.50 bits per heavy atom. The molecule has 0 saturated heterocycles. The lowest BCUT2D eigenvalue weighted by molar-refractivity contribution is -0.441. The molecule has 1 N–H and O–H groups in total. The smallest absolute Gasteiger partial charge is 0.385 e. The summed E-state index contributed by atoms with van der Waals surface area (Å²) in [5.74, 6) is -37.5. The summed E-state index contributed by atoms with van der Waals surface area (Å²) < 4.78 is 173. The number of benzene rings is 1. The normalized spacial score (nSPS) is 16.4. The topological polar surface area (TPSA) is 23.5 Å². The maximum Gasteiger partial charge on any atom is 0.460 e. The first-order valence-corrected chi connectivity index (χ1v) is 9.49.